The fourth-order valence-electron chi connectivity index (χ4n) is 2.05. The molecule has 0 saturated heterocycles. The van der Waals surface area contributed by atoms with Gasteiger partial charge in [0, 0.05) is 11.9 Å². The number of aromatic nitrogens is 2. The molecule has 1 heterocycles. The van der Waals surface area contributed by atoms with Gasteiger partial charge in [-0.15, -0.1) is 0 Å². The van der Waals surface area contributed by atoms with Crippen molar-refractivity contribution in [3.63, 3.8) is 0 Å². The topological polar surface area (TPSA) is 90.7 Å². The van der Waals surface area contributed by atoms with Crippen LogP contribution in [0.15, 0.2) is 60.8 Å². The van der Waals surface area contributed by atoms with Gasteiger partial charge in [0.2, 0.25) is 5.95 Å². The van der Waals surface area contributed by atoms with E-state index in [4.69, 9.17) is 5.26 Å². The van der Waals surface area contributed by atoms with Crippen LogP contribution in [-0.4, -0.2) is 15.9 Å². The van der Waals surface area contributed by atoms with Crippen LogP contribution in [0.5, 0.6) is 0 Å². The van der Waals surface area contributed by atoms with E-state index >= 15 is 0 Å². The Kier molecular flexibility index (Phi) is 4.62. The van der Waals surface area contributed by atoms with Crippen molar-refractivity contribution >= 4 is 23.2 Å². The number of nitriles is 1. The fraction of sp³-hybridized carbons (Fsp3) is 0. The lowest BCUT2D eigenvalue weighted by molar-refractivity contribution is 0.102. The van der Waals surface area contributed by atoms with Gasteiger partial charge in [0.05, 0.1) is 17.3 Å². The summed E-state index contributed by atoms with van der Waals surface area (Å²) in [5, 5.41) is 14.2. The minimum absolute atomic E-state index is 0.0766. The molecular formula is C18H12FN5O. The molecule has 3 rings (SSSR count). The zero-order valence-electron chi connectivity index (χ0n) is 12.9. The van der Waals surface area contributed by atoms with Crippen LogP contribution in [0.3, 0.4) is 0 Å². The summed E-state index contributed by atoms with van der Waals surface area (Å²) in [6.45, 7) is 0. The van der Waals surface area contributed by atoms with Gasteiger partial charge in [-0.05, 0) is 42.5 Å². The lowest BCUT2D eigenvalue weighted by Crippen LogP contribution is -2.15. The smallest absolute Gasteiger partial charge is 0.274 e. The molecule has 2 aromatic carbocycles. The molecule has 0 aliphatic carbocycles. The normalized spacial score (nSPS) is 9.92. The molecular weight excluding hydrogens is 321 g/mol. The minimum atomic E-state index is -0.546. The average molecular weight is 333 g/mol. The van der Waals surface area contributed by atoms with Gasteiger partial charge < -0.3 is 10.6 Å². The summed E-state index contributed by atoms with van der Waals surface area (Å²) in [4.78, 5) is 20.4. The number of carbonyl (C=O) groups is 1. The number of rotatable bonds is 4. The predicted molar refractivity (Wildman–Crippen MR) is 90.8 cm³/mol. The minimum Gasteiger partial charge on any atom is -0.324 e. The van der Waals surface area contributed by atoms with Gasteiger partial charge in [-0.2, -0.15) is 5.26 Å². The Morgan fingerprint density at radius 2 is 1.84 bits per heavy atom. The number of nitrogens with one attached hydrogen (secondary N) is 2. The first-order valence-corrected chi connectivity index (χ1v) is 7.32. The summed E-state index contributed by atoms with van der Waals surface area (Å²) in [5.74, 6) is -0.859. The molecule has 0 atom stereocenters. The van der Waals surface area contributed by atoms with Gasteiger partial charge in [0.25, 0.3) is 5.91 Å². The number of hydrogen-bond donors (Lipinski definition) is 2. The number of carbonyl (C=O) groups excluding carboxylic acids is 1. The van der Waals surface area contributed by atoms with E-state index < -0.39 is 11.7 Å². The Bertz CT molecular complexity index is 950. The largest absolute Gasteiger partial charge is 0.324 e. The molecule has 3 aromatic rings. The molecule has 0 fully saturated rings. The molecule has 7 heteroatoms. The van der Waals surface area contributed by atoms with Gasteiger partial charge in [-0.25, -0.2) is 14.4 Å². The third kappa shape index (κ3) is 3.95. The Morgan fingerprint density at radius 1 is 1.08 bits per heavy atom. The van der Waals surface area contributed by atoms with E-state index in [2.05, 4.69) is 20.6 Å². The zero-order chi connectivity index (χ0) is 17.6. The van der Waals surface area contributed by atoms with Crippen molar-refractivity contribution < 1.29 is 9.18 Å². The van der Waals surface area contributed by atoms with Crippen LogP contribution in [0.25, 0.3) is 0 Å². The molecule has 0 spiro atoms. The molecule has 25 heavy (non-hydrogen) atoms. The van der Waals surface area contributed by atoms with E-state index in [-0.39, 0.29) is 17.3 Å². The molecule has 0 aliphatic rings. The molecule has 1 amide bonds. The van der Waals surface area contributed by atoms with E-state index in [1.54, 1.807) is 30.3 Å². The van der Waals surface area contributed by atoms with E-state index in [1.165, 1.54) is 30.5 Å². The molecule has 1 aromatic heterocycles. The number of halogens is 1. The third-order valence-corrected chi connectivity index (χ3v) is 3.28. The average Bonchev–Trinajstić information content (AvgIpc) is 2.64. The van der Waals surface area contributed by atoms with Crippen LogP contribution in [0.2, 0.25) is 0 Å². The molecule has 0 unspecified atom stereocenters. The van der Waals surface area contributed by atoms with Crippen molar-refractivity contribution in [2.24, 2.45) is 0 Å². The maximum atomic E-state index is 13.6. The van der Waals surface area contributed by atoms with E-state index in [0.717, 1.165) is 0 Å². The van der Waals surface area contributed by atoms with E-state index in [1.807, 2.05) is 6.07 Å². The number of benzene rings is 2. The highest BCUT2D eigenvalue weighted by Crippen LogP contribution is 2.16. The van der Waals surface area contributed by atoms with Crippen molar-refractivity contribution in [2.45, 2.75) is 0 Å². The van der Waals surface area contributed by atoms with Gasteiger partial charge in [0.15, 0.2) is 0 Å². The lowest BCUT2D eigenvalue weighted by Gasteiger charge is -2.08. The summed E-state index contributed by atoms with van der Waals surface area (Å²) in [7, 11) is 0. The summed E-state index contributed by atoms with van der Waals surface area (Å²) < 4.78 is 13.6. The molecule has 2 N–H and O–H groups in total. The van der Waals surface area contributed by atoms with E-state index in [9.17, 15) is 9.18 Å². The summed E-state index contributed by atoms with van der Waals surface area (Å²) >= 11 is 0. The number of para-hydroxylation sites is 1. The number of anilines is 3. The number of amides is 1. The molecule has 6 nitrogen and oxygen atoms in total. The SMILES string of the molecule is N#Cc1ccc(Nc2nccc(C(=O)Nc3ccccc3F)n2)cc1. The second kappa shape index (κ2) is 7.19. The molecule has 0 bridgehead atoms. The highest BCUT2D eigenvalue weighted by atomic mass is 19.1. The summed E-state index contributed by atoms with van der Waals surface area (Å²) in [6.07, 6.45) is 1.43. The van der Waals surface area contributed by atoms with Crippen LogP contribution in [0, 0.1) is 17.1 Å². The number of nitrogens with zero attached hydrogens (tertiary/aromatic N) is 3. The van der Waals surface area contributed by atoms with Crippen LogP contribution in [-0.2, 0) is 0 Å². The fourth-order valence-corrected chi connectivity index (χ4v) is 2.05. The second-order valence-electron chi connectivity index (χ2n) is 5.01. The van der Waals surface area contributed by atoms with Crippen LogP contribution in [0.1, 0.15) is 16.1 Å². The van der Waals surface area contributed by atoms with E-state index in [0.29, 0.717) is 11.3 Å². The highest BCUT2D eigenvalue weighted by molar-refractivity contribution is 6.03. The number of hydrogen-bond acceptors (Lipinski definition) is 5. The van der Waals surface area contributed by atoms with Crippen molar-refractivity contribution in [3.05, 3.63) is 77.9 Å². The van der Waals surface area contributed by atoms with Crippen LogP contribution >= 0.6 is 0 Å². The van der Waals surface area contributed by atoms with Crippen molar-refractivity contribution in [2.75, 3.05) is 10.6 Å². The Balaban J connectivity index is 1.75. The molecule has 122 valence electrons. The molecule has 0 aliphatic heterocycles. The predicted octanol–water partition coefficient (Wildman–Crippen LogP) is 3.48. The van der Waals surface area contributed by atoms with Crippen LogP contribution in [0.4, 0.5) is 21.7 Å². The van der Waals surface area contributed by atoms with Gasteiger partial charge >= 0.3 is 0 Å². The first-order valence-electron chi connectivity index (χ1n) is 7.32. The lowest BCUT2D eigenvalue weighted by atomic mass is 10.2. The zero-order valence-corrected chi connectivity index (χ0v) is 12.9. The molecule has 0 saturated carbocycles. The van der Waals surface area contributed by atoms with Crippen LogP contribution < -0.4 is 10.6 Å². The van der Waals surface area contributed by atoms with Gasteiger partial charge in [0.1, 0.15) is 11.5 Å². The van der Waals surface area contributed by atoms with Crippen molar-refractivity contribution in [1.29, 1.82) is 5.26 Å². The van der Waals surface area contributed by atoms with Crippen molar-refractivity contribution in [1.82, 2.24) is 9.97 Å². The highest BCUT2D eigenvalue weighted by Gasteiger charge is 2.11. The summed E-state index contributed by atoms with van der Waals surface area (Å²) in [5.41, 5.74) is 1.37. The first kappa shape index (κ1) is 16.1. The third-order valence-electron chi connectivity index (χ3n) is 3.28. The Labute approximate surface area is 143 Å². The Morgan fingerprint density at radius 3 is 2.56 bits per heavy atom. The quantitative estimate of drug-likeness (QED) is 0.763. The van der Waals surface area contributed by atoms with Crippen molar-refractivity contribution in [3.8, 4) is 6.07 Å². The van der Waals surface area contributed by atoms with Gasteiger partial charge in [-0.3, -0.25) is 4.79 Å². The molecule has 0 radical (unpaired) electrons. The standard InChI is InChI=1S/C18H12FN5O/c19-14-3-1-2-4-15(14)23-17(25)16-9-10-21-18(24-16)22-13-7-5-12(11-20)6-8-13/h1-10H,(H,23,25)(H,21,22,24). The Hall–Kier alpha value is -3.79. The summed E-state index contributed by atoms with van der Waals surface area (Å²) in [6, 6.07) is 16.0. The van der Waals surface area contributed by atoms with Gasteiger partial charge in [-0.1, -0.05) is 12.1 Å². The second-order valence-corrected chi connectivity index (χ2v) is 5.01. The maximum absolute atomic E-state index is 13.6. The first-order chi connectivity index (χ1) is 12.2. The monoisotopic (exact) mass is 333 g/mol. The maximum Gasteiger partial charge on any atom is 0.274 e.